The first kappa shape index (κ1) is 25.9. The van der Waals surface area contributed by atoms with Crippen molar-refractivity contribution in [2.24, 2.45) is 0 Å². The lowest BCUT2D eigenvalue weighted by Crippen LogP contribution is -2.30. The Kier molecular flexibility index (Phi) is 8.47. The molecule has 0 heterocycles. The third-order valence-corrected chi connectivity index (χ3v) is 7.31. The molecule has 0 bridgehead atoms. The zero-order chi connectivity index (χ0) is 24.9. The summed E-state index contributed by atoms with van der Waals surface area (Å²) in [5, 5.41) is 3.47. The van der Waals surface area contributed by atoms with Gasteiger partial charge in [0.25, 0.3) is 5.91 Å². The number of anilines is 1. The van der Waals surface area contributed by atoms with E-state index in [-0.39, 0.29) is 28.5 Å². The number of ether oxygens (including phenoxy) is 1. The summed E-state index contributed by atoms with van der Waals surface area (Å²) in [4.78, 5) is 12.8. The van der Waals surface area contributed by atoms with E-state index in [0.29, 0.717) is 16.8 Å². The minimum atomic E-state index is -3.63. The van der Waals surface area contributed by atoms with E-state index in [2.05, 4.69) is 5.32 Å². The molecule has 0 radical (unpaired) electrons. The normalized spacial score (nSPS) is 12.1. The van der Waals surface area contributed by atoms with E-state index >= 15 is 0 Å². The molecule has 3 aromatic carbocycles. The van der Waals surface area contributed by atoms with Crippen LogP contribution in [0.5, 0.6) is 5.75 Å². The number of nitrogens with zero attached hydrogens (tertiary/aromatic N) is 1. The first-order chi connectivity index (χ1) is 16.1. The first-order valence-electron chi connectivity index (χ1n) is 10.6. The standard InChI is InChI=1S/C25H26Cl2N2O4S/c1-4-22(18-12-14-20(33-2)15-13-18)28-25(30)19-10-8-17(9-11-19)16-29(34(3,31)32)23-7-5-6-21(26)24(23)27/h5-15,22H,4,16H2,1-3H3,(H,28,30)/t22-/m0/s1. The van der Waals surface area contributed by atoms with Crippen LogP contribution in [0, 0.1) is 0 Å². The zero-order valence-corrected chi connectivity index (χ0v) is 21.4. The van der Waals surface area contributed by atoms with Crippen LogP contribution in [0.1, 0.15) is 40.9 Å². The van der Waals surface area contributed by atoms with Gasteiger partial charge in [0.2, 0.25) is 10.0 Å². The number of nitrogens with one attached hydrogen (secondary N) is 1. The fourth-order valence-corrected chi connectivity index (χ4v) is 4.83. The van der Waals surface area contributed by atoms with Crippen molar-refractivity contribution in [3.8, 4) is 5.75 Å². The van der Waals surface area contributed by atoms with E-state index < -0.39 is 10.0 Å². The number of carbonyl (C=O) groups excluding carboxylic acids is 1. The number of hydrogen-bond donors (Lipinski definition) is 1. The zero-order valence-electron chi connectivity index (χ0n) is 19.1. The largest absolute Gasteiger partial charge is 0.497 e. The van der Waals surface area contributed by atoms with Crippen LogP contribution in [0.2, 0.25) is 10.0 Å². The van der Waals surface area contributed by atoms with Gasteiger partial charge in [-0.15, -0.1) is 0 Å². The summed E-state index contributed by atoms with van der Waals surface area (Å²) in [5.74, 6) is 0.537. The van der Waals surface area contributed by atoms with Crippen LogP contribution in [0.15, 0.2) is 66.7 Å². The Morgan fingerprint density at radius 2 is 1.68 bits per heavy atom. The number of benzene rings is 3. The maximum absolute atomic E-state index is 12.8. The molecule has 0 spiro atoms. The molecular formula is C25H26Cl2N2O4S. The van der Waals surface area contributed by atoms with Crippen LogP contribution < -0.4 is 14.4 Å². The van der Waals surface area contributed by atoms with Gasteiger partial charge in [-0.05, 0) is 53.9 Å². The van der Waals surface area contributed by atoms with Crippen molar-refractivity contribution in [1.29, 1.82) is 0 Å². The molecule has 3 aromatic rings. The highest BCUT2D eigenvalue weighted by molar-refractivity contribution is 7.92. The van der Waals surface area contributed by atoms with Gasteiger partial charge in [0.05, 0.1) is 41.7 Å². The van der Waals surface area contributed by atoms with Crippen molar-refractivity contribution in [2.75, 3.05) is 17.7 Å². The summed E-state index contributed by atoms with van der Waals surface area (Å²) >= 11 is 12.3. The molecule has 6 nitrogen and oxygen atoms in total. The Hall–Kier alpha value is -2.74. The minimum Gasteiger partial charge on any atom is -0.497 e. The van der Waals surface area contributed by atoms with Gasteiger partial charge in [-0.25, -0.2) is 8.42 Å². The summed E-state index contributed by atoms with van der Waals surface area (Å²) in [5.41, 5.74) is 2.45. The highest BCUT2D eigenvalue weighted by Gasteiger charge is 2.22. The lowest BCUT2D eigenvalue weighted by Gasteiger charge is -2.24. The second-order valence-corrected chi connectivity index (χ2v) is 10.4. The molecule has 0 aromatic heterocycles. The molecule has 180 valence electrons. The molecule has 0 saturated carbocycles. The lowest BCUT2D eigenvalue weighted by molar-refractivity contribution is 0.0935. The number of carbonyl (C=O) groups is 1. The van der Waals surface area contributed by atoms with Crippen LogP contribution in [0.25, 0.3) is 0 Å². The highest BCUT2D eigenvalue weighted by Crippen LogP contribution is 2.34. The highest BCUT2D eigenvalue weighted by atomic mass is 35.5. The van der Waals surface area contributed by atoms with E-state index in [1.54, 1.807) is 49.6 Å². The lowest BCUT2D eigenvalue weighted by atomic mass is 10.0. The predicted octanol–water partition coefficient (Wildman–Crippen LogP) is 5.85. The molecule has 0 fully saturated rings. The van der Waals surface area contributed by atoms with Crippen molar-refractivity contribution < 1.29 is 17.9 Å². The van der Waals surface area contributed by atoms with Gasteiger partial charge in [0, 0.05) is 5.56 Å². The smallest absolute Gasteiger partial charge is 0.251 e. The maximum Gasteiger partial charge on any atom is 0.251 e. The molecule has 0 aliphatic carbocycles. The third kappa shape index (κ3) is 6.23. The summed E-state index contributed by atoms with van der Waals surface area (Å²) in [7, 11) is -2.03. The Labute approximate surface area is 210 Å². The SMILES string of the molecule is CC[C@H](NC(=O)c1ccc(CN(c2cccc(Cl)c2Cl)S(C)(=O)=O)cc1)c1ccc(OC)cc1. The quantitative estimate of drug-likeness (QED) is 0.383. The fourth-order valence-electron chi connectivity index (χ4n) is 3.49. The topological polar surface area (TPSA) is 75.7 Å². The molecule has 1 amide bonds. The van der Waals surface area contributed by atoms with Crippen LogP contribution in [0.3, 0.4) is 0 Å². The van der Waals surface area contributed by atoms with Crippen LogP contribution in [0.4, 0.5) is 5.69 Å². The second kappa shape index (κ2) is 11.1. The summed E-state index contributed by atoms with van der Waals surface area (Å²) in [6.07, 6.45) is 1.83. The van der Waals surface area contributed by atoms with Gasteiger partial charge in [0.15, 0.2) is 0 Å². The van der Waals surface area contributed by atoms with Crippen LogP contribution in [-0.4, -0.2) is 27.7 Å². The Morgan fingerprint density at radius 3 is 2.24 bits per heavy atom. The number of halogens is 2. The number of amides is 1. The van der Waals surface area contributed by atoms with Crippen molar-refractivity contribution in [3.05, 3.63) is 93.5 Å². The number of rotatable bonds is 9. The minimum absolute atomic E-state index is 0.0459. The van der Waals surface area contributed by atoms with E-state index in [9.17, 15) is 13.2 Å². The summed E-state index contributed by atoms with van der Waals surface area (Å²) < 4.78 is 31.3. The average molecular weight is 521 g/mol. The van der Waals surface area contributed by atoms with Gasteiger partial charge < -0.3 is 10.1 Å². The molecule has 0 unspecified atom stereocenters. The Bertz CT molecular complexity index is 1250. The fraction of sp³-hybridized carbons (Fsp3) is 0.240. The van der Waals surface area contributed by atoms with E-state index in [1.165, 1.54) is 4.31 Å². The van der Waals surface area contributed by atoms with Crippen LogP contribution >= 0.6 is 23.2 Å². The molecule has 34 heavy (non-hydrogen) atoms. The predicted molar refractivity (Wildman–Crippen MR) is 137 cm³/mol. The van der Waals surface area contributed by atoms with Crippen molar-refractivity contribution >= 4 is 44.8 Å². The Morgan fingerprint density at radius 1 is 1.03 bits per heavy atom. The molecule has 0 aliphatic rings. The molecule has 1 atom stereocenters. The average Bonchev–Trinajstić information content (AvgIpc) is 2.82. The molecule has 0 saturated heterocycles. The van der Waals surface area contributed by atoms with Crippen molar-refractivity contribution in [3.63, 3.8) is 0 Å². The molecular weight excluding hydrogens is 495 g/mol. The summed E-state index contributed by atoms with van der Waals surface area (Å²) in [6, 6.07) is 19.0. The van der Waals surface area contributed by atoms with Crippen molar-refractivity contribution in [2.45, 2.75) is 25.9 Å². The monoisotopic (exact) mass is 520 g/mol. The van der Waals surface area contributed by atoms with Crippen molar-refractivity contribution in [1.82, 2.24) is 5.32 Å². The first-order valence-corrected chi connectivity index (χ1v) is 13.2. The van der Waals surface area contributed by atoms with Crippen LogP contribution in [-0.2, 0) is 16.6 Å². The number of hydrogen-bond acceptors (Lipinski definition) is 4. The van der Waals surface area contributed by atoms with Gasteiger partial charge in [-0.3, -0.25) is 9.10 Å². The third-order valence-electron chi connectivity index (χ3n) is 5.37. The molecule has 3 rings (SSSR count). The van der Waals surface area contributed by atoms with E-state index in [4.69, 9.17) is 27.9 Å². The van der Waals surface area contributed by atoms with E-state index in [1.807, 2.05) is 31.2 Å². The Balaban J connectivity index is 1.76. The summed E-state index contributed by atoms with van der Waals surface area (Å²) in [6.45, 7) is 2.04. The number of methoxy groups -OCH3 is 1. The molecule has 1 N–H and O–H groups in total. The van der Waals surface area contributed by atoms with Gasteiger partial charge >= 0.3 is 0 Å². The second-order valence-electron chi connectivity index (χ2n) is 7.75. The van der Waals surface area contributed by atoms with Gasteiger partial charge in [-0.2, -0.15) is 0 Å². The number of sulfonamides is 1. The molecule has 9 heteroatoms. The molecule has 0 aliphatic heterocycles. The van der Waals surface area contributed by atoms with Gasteiger partial charge in [0.1, 0.15) is 5.75 Å². The maximum atomic E-state index is 12.8. The van der Waals surface area contributed by atoms with E-state index in [0.717, 1.165) is 24.0 Å². The van der Waals surface area contributed by atoms with Gasteiger partial charge in [-0.1, -0.05) is 60.5 Å².